The van der Waals surface area contributed by atoms with E-state index < -0.39 is 39.2 Å². The third-order valence-corrected chi connectivity index (χ3v) is 4.65. The summed E-state index contributed by atoms with van der Waals surface area (Å²) in [5.74, 6) is -1.94. The molecule has 10 heteroatoms. The molecule has 3 atom stereocenters. The average Bonchev–Trinajstić information content (AvgIpc) is 2.35. The number of carbonyl (C=O) groups excluding carboxylic acids is 1. The molecule has 136 valence electrons. The Kier molecular flexibility index (Phi) is 6.11. The van der Waals surface area contributed by atoms with Crippen molar-refractivity contribution in [3.63, 3.8) is 0 Å². The zero-order valence-corrected chi connectivity index (χ0v) is 13.7. The number of alkyl halides is 2. The van der Waals surface area contributed by atoms with Gasteiger partial charge in [0.15, 0.2) is 0 Å². The van der Waals surface area contributed by atoms with Gasteiger partial charge < -0.3 is 14.9 Å². The number of aliphatic hydroxyl groups excluding tert-OH is 1. The number of esters is 1. The molecular formula is C13H22F2O7S. The molecule has 7 nitrogen and oxygen atoms in total. The fraction of sp³-hybridized carbons (Fsp3) is 0.923. The summed E-state index contributed by atoms with van der Waals surface area (Å²) in [6.07, 6.45) is -0.846. The minimum Gasteiger partial charge on any atom is -0.428 e. The molecule has 0 aromatic carbocycles. The second-order valence-corrected chi connectivity index (χ2v) is 8.07. The number of halogens is 2. The highest BCUT2D eigenvalue weighted by atomic mass is 32.2. The van der Waals surface area contributed by atoms with Crippen molar-refractivity contribution in [3.05, 3.63) is 0 Å². The molecule has 23 heavy (non-hydrogen) atoms. The van der Waals surface area contributed by atoms with E-state index >= 15 is 0 Å². The van der Waals surface area contributed by atoms with Crippen LogP contribution < -0.4 is 0 Å². The van der Waals surface area contributed by atoms with Crippen LogP contribution in [-0.2, 0) is 19.6 Å². The minimum atomic E-state index is -5.91. The average molecular weight is 360 g/mol. The van der Waals surface area contributed by atoms with E-state index in [0.717, 1.165) is 6.42 Å². The lowest BCUT2D eigenvalue weighted by Gasteiger charge is -2.32. The van der Waals surface area contributed by atoms with Gasteiger partial charge >= 0.3 is 21.3 Å². The van der Waals surface area contributed by atoms with Gasteiger partial charge in [-0.05, 0) is 39.0 Å². The molecule has 1 saturated carbocycles. The zero-order chi connectivity index (χ0) is 18.1. The molecule has 0 aliphatic heterocycles. The maximum Gasteiger partial charge on any atom is 0.430 e. The van der Waals surface area contributed by atoms with Gasteiger partial charge in [0.05, 0.1) is 11.5 Å². The molecule has 0 radical (unpaired) electrons. The van der Waals surface area contributed by atoms with Crippen molar-refractivity contribution in [1.29, 1.82) is 0 Å². The lowest BCUT2D eigenvalue weighted by molar-refractivity contribution is -0.210. The quantitative estimate of drug-likeness (QED) is 0.371. The molecule has 0 aromatic rings. The highest BCUT2D eigenvalue weighted by molar-refractivity contribution is 7.86. The van der Waals surface area contributed by atoms with Crippen LogP contribution in [0.3, 0.4) is 0 Å². The van der Waals surface area contributed by atoms with Crippen LogP contribution in [-0.4, -0.2) is 46.3 Å². The second kappa shape index (κ2) is 6.96. The van der Waals surface area contributed by atoms with E-state index in [9.17, 15) is 27.1 Å². The minimum absolute atomic E-state index is 0.0134. The van der Waals surface area contributed by atoms with Gasteiger partial charge in [-0.2, -0.15) is 17.2 Å². The van der Waals surface area contributed by atoms with Crippen LogP contribution in [0, 0.1) is 11.8 Å². The van der Waals surface area contributed by atoms with Gasteiger partial charge in [-0.15, -0.1) is 0 Å². The van der Waals surface area contributed by atoms with Crippen LogP contribution >= 0.6 is 0 Å². The highest BCUT2D eigenvalue weighted by Gasteiger charge is 2.54. The number of carbonyl (C=O) groups is 1. The number of rotatable bonds is 6. The van der Waals surface area contributed by atoms with Crippen LogP contribution in [0.5, 0.6) is 0 Å². The Labute approximate surface area is 133 Å². The molecule has 0 bridgehead atoms. The van der Waals surface area contributed by atoms with Gasteiger partial charge in [-0.3, -0.25) is 9.35 Å². The predicted molar refractivity (Wildman–Crippen MR) is 75.0 cm³/mol. The van der Waals surface area contributed by atoms with Gasteiger partial charge in [0, 0.05) is 0 Å². The first-order valence-corrected chi connectivity index (χ1v) is 8.64. The molecule has 3 N–H and O–H groups in total. The maximum absolute atomic E-state index is 13.2. The van der Waals surface area contributed by atoms with Crippen molar-refractivity contribution in [2.45, 2.75) is 63.1 Å². The standard InChI is InChI=1S/C13H22F2O7S/c1-12(2,18)7-8-4-3-5-9(6-8)10(16)22-11(17)13(14,15)23(19,20)21/h8-9,11,17-18H,3-7H2,1-2H3,(H,19,20,21). The van der Waals surface area contributed by atoms with E-state index in [-0.39, 0.29) is 12.3 Å². The Morgan fingerprint density at radius 1 is 1.35 bits per heavy atom. The van der Waals surface area contributed by atoms with Crippen molar-refractivity contribution in [2.75, 3.05) is 0 Å². The smallest absolute Gasteiger partial charge is 0.428 e. The SMILES string of the molecule is CC(C)(O)CC1CCCC(C(=O)OC(O)C(F)(F)S(=O)(=O)O)C1. The van der Waals surface area contributed by atoms with E-state index in [2.05, 4.69) is 4.74 Å². The topological polar surface area (TPSA) is 121 Å². The van der Waals surface area contributed by atoms with E-state index in [4.69, 9.17) is 9.66 Å². The molecule has 3 unspecified atom stereocenters. The van der Waals surface area contributed by atoms with E-state index in [1.54, 1.807) is 13.8 Å². The fourth-order valence-corrected chi connectivity index (χ4v) is 3.10. The highest BCUT2D eigenvalue weighted by Crippen LogP contribution is 2.35. The Morgan fingerprint density at radius 3 is 2.39 bits per heavy atom. The third-order valence-electron chi connectivity index (χ3n) is 3.76. The van der Waals surface area contributed by atoms with E-state index in [1.165, 1.54) is 0 Å². The number of aliphatic hydroxyl groups is 2. The summed E-state index contributed by atoms with van der Waals surface area (Å²) in [5, 5.41) is 13.9. The van der Waals surface area contributed by atoms with Gasteiger partial charge in [-0.25, -0.2) is 0 Å². The fourth-order valence-electron chi connectivity index (χ4n) is 2.80. The molecule has 0 saturated heterocycles. The van der Waals surface area contributed by atoms with Crippen molar-refractivity contribution >= 4 is 16.1 Å². The summed E-state index contributed by atoms with van der Waals surface area (Å²) >= 11 is 0. The van der Waals surface area contributed by atoms with Gasteiger partial charge in [0.25, 0.3) is 6.29 Å². The Balaban J connectivity index is 2.67. The van der Waals surface area contributed by atoms with Gasteiger partial charge in [0.1, 0.15) is 0 Å². The second-order valence-electron chi connectivity index (χ2n) is 6.57. The summed E-state index contributed by atoms with van der Waals surface area (Å²) in [5.41, 5.74) is -0.937. The van der Waals surface area contributed by atoms with E-state index in [1.807, 2.05) is 0 Å². The molecule has 1 aliphatic rings. The van der Waals surface area contributed by atoms with Crippen LogP contribution in [0.4, 0.5) is 8.78 Å². The summed E-state index contributed by atoms with van der Waals surface area (Å²) in [6.45, 7) is 3.23. The van der Waals surface area contributed by atoms with Crippen molar-refractivity contribution in [3.8, 4) is 0 Å². The van der Waals surface area contributed by atoms with Crippen LogP contribution in [0.1, 0.15) is 46.0 Å². The summed E-state index contributed by atoms with van der Waals surface area (Å²) in [7, 11) is -5.91. The van der Waals surface area contributed by atoms with Crippen molar-refractivity contribution in [2.24, 2.45) is 11.8 Å². The van der Waals surface area contributed by atoms with Crippen LogP contribution in [0.15, 0.2) is 0 Å². The first-order chi connectivity index (χ1) is 10.2. The molecule has 0 spiro atoms. The molecule has 1 aliphatic carbocycles. The third kappa shape index (κ3) is 5.63. The summed E-state index contributed by atoms with van der Waals surface area (Å²) in [6, 6.07) is 0. The van der Waals surface area contributed by atoms with E-state index in [0.29, 0.717) is 19.3 Å². The summed E-state index contributed by atoms with van der Waals surface area (Å²) in [4.78, 5) is 11.8. The lowest BCUT2D eigenvalue weighted by atomic mass is 9.77. The Morgan fingerprint density at radius 2 is 1.91 bits per heavy atom. The van der Waals surface area contributed by atoms with Crippen LogP contribution in [0.2, 0.25) is 0 Å². The lowest BCUT2D eigenvalue weighted by Crippen LogP contribution is -2.45. The molecule has 1 rings (SSSR count). The molecular weight excluding hydrogens is 338 g/mol. The first kappa shape index (κ1) is 20.2. The summed E-state index contributed by atoms with van der Waals surface area (Å²) < 4.78 is 59.8. The van der Waals surface area contributed by atoms with Crippen molar-refractivity contribution < 1.29 is 41.5 Å². The predicted octanol–water partition coefficient (Wildman–Crippen LogP) is 1.30. The largest absolute Gasteiger partial charge is 0.430 e. The first-order valence-electron chi connectivity index (χ1n) is 7.20. The van der Waals surface area contributed by atoms with Gasteiger partial charge in [-0.1, -0.05) is 12.8 Å². The molecule has 0 amide bonds. The van der Waals surface area contributed by atoms with Crippen LogP contribution in [0.25, 0.3) is 0 Å². The Bertz CT molecular complexity index is 527. The maximum atomic E-state index is 13.2. The molecule has 0 aromatic heterocycles. The number of ether oxygens (including phenoxy) is 1. The number of hydrogen-bond acceptors (Lipinski definition) is 6. The molecule has 1 fully saturated rings. The molecule has 0 heterocycles. The zero-order valence-electron chi connectivity index (χ0n) is 12.9. The monoisotopic (exact) mass is 360 g/mol. The Hall–Kier alpha value is -0.840. The van der Waals surface area contributed by atoms with Gasteiger partial charge in [0.2, 0.25) is 0 Å². The normalized spacial score (nSPS) is 25.0. The van der Waals surface area contributed by atoms with Crippen molar-refractivity contribution in [1.82, 2.24) is 0 Å². The number of hydrogen-bond donors (Lipinski definition) is 3.